The number of furan rings is 1. The van der Waals surface area contributed by atoms with E-state index < -0.39 is 6.10 Å². The molecule has 0 saturated heterocycles. The fraction of sp³-hybridized carbons (Fsp3) is 0.250. The summed E-state index contributed by atoms with van der Waals surface area (Å²) in [6.07, 6.45) is 0.821. The van der Waals surface area contributed by atoms with Gasteiger partial charge in [0.25, 0.3) is 0 Å². The predicted octanol–water partition coefficient (Wildman–Crippen LogP) is 2.10. The number of hydrogen-bond acceptors (Lipinski definition) is 4. The molecule has 90 valence electrons. The van der Waals surface area contributed by atoms with E-state index in [1.165, 1.54) is 0 Å². The number of aromatic nitrogens is 1. The Labute approximate surface area is 104 Å². The Morgan fingerprint density at radius 2 is 2.18 bits per heavy atom. The standard InChI is InChI=1S/C12H13ClN2O2/c13-11-5-4-10(17-11)12(16)8(7-14)9-3-1-2-6-15-9/h1-6,8,12,16H,7,14H2. The summed E-state index contributed by atoms with van der Waals surface area (Å²) in [6, 6.07) is 8.72. The van der Waals surface area contributed by atoms with Gasteiger partial charge in [-0.3, -0.25) is 4.98 Å². The van der Waals surface area contributed by atoms with Gasteiger partial charge in [0, 0.05) is 24.4 Å². The Bertz CT molecular complexity index is 472. The van der Waals surface area contributed by atoms with E-state index in [-0.39, 0.29) is 17.7 Å². The van der Waals surface area contributed by atoms with Crippen molar-refractivity contribution >= 4 is 11.6 Å². The van der Waals surface area contributed by atoms with Crippen molar-refractivity contribution in [3.05, 3.63) is 53.2 Å². The molecule has 3 N–H and O–H groups in total. The summed E-state index contributed by atoms with van der Waals surface area (Å²) in [5.74, 6) is 0.0921. The second kappa shape index (κ2) is 5.31. The van der Waals surface area contributed by atoms with Crippen LogP contribution >= 0.6 is 11.6 Å². The summed E-state index contributed by atoms with van der Waals surface area (Å²) in [6.45, 7) is 0.274. The van der Waals surface area contributed by atoms with E-state index in [9.17, 15) is 5.11 Å². The average molecular weight is 253 g/mol. The van der Waals surface area contributed by atoms with E-state index in [1.54, 1.807) is 18.3 Å². The summed E-state index contributed by atoms with van der Waals surface area (Å²) in [5, 5.41) is 10.4. The molecule has 0 saturated carbocycles. The van der Waals surface area contributed by atoms with Gasteiger partial charge in [0.05, 0.1) is 0 Å². The van der Waals surface area contributed by atoms with Gasteiger partial charge in [-0.05, 0) is 35.9 Å². The van der Waals surface area contributed by atoms with E-state index in [2.05, 4.69) is 4.98 Å². The number of nitrogens with two attached hydrogens (primary N) is 1. The van der Waals surface area contributed by atoms with Crippen molar-refractivity contribution < 1.29 is 9.52 Å². The molecular formula is C12H13ClN2O2. The Morgan fingerprint density at radius 1 is 1.35 bits per heavy atom. The molecule has 5 heteroatoms. The minimum Gasteiger partial charge on any atom is -0.447 e. The molecule has 0 bridgehead atoms. The molecular weight excluding hydrogens is 240 g/mol. The van der Waals surface area contributed by atoms with Crippen LogP contribution in [0.25, 0.3) is 0 Å². The van der Waals surface area contributed by atoms with E-state index in [0.717, 1.165) is 5.69 Å². The number of pyridine rings is 1. The van der Waals surface area contributed by atoms with Gasteiger partial charge in [-0.1, -0.05) is 6.07 Å². The first kappa shape index (κ1) is 12.1. The highest BCUT2D eigenvalue weighted by atomic mass is 35.5. The first-order valence-corrected chi connectivity index (χ1v) is 5.64. The van der Waals surface area contributed by atoms with E-state index in [0.29, 0.717) is 5.76 Å². The highest BCUT2D eigenvalue weighted by Crippen LogP contribution is 2.30. The molecule has 2 unspecified atom stereocenters. The zero-order chi connectivity index (χ0) is 12.3. The Hall–Kier alpha value is -1.36. The van der Waals surface area contributed by atoms with Crippen molar-refractivity contribution in [2.24, 2.45) is 5.73 Å². The van der Waals surface area contributed by atoms with Gasteiger partial charge in [0.1, 0.15) is 11.9 Å². The lowest BCUT2D eigenvalue weighted by Crippen LogP contribution is -2.20. The van der Waals surface area contributed by atoms with Crippen LogP contribution < -0.4 is 5.73 Å². The highest BCUT2D eigenvalue weighted by Gasteiger charge is 2.25. The number of nitrogens with zero attached hydrogens (tertiary/aromatic N) is 1. The molecule has 17 heavy (non-hydrogen) atoms. The molecule has 4 nitrogen and oxygen atoms in total. The Balaban J connectivity index is 2.25. The van der Waals surface area contributed by atoms with Gasteiger partial charge in [-0.15, -0.1) is 0 Å². The molecule has 0 aliphatic carbocycles. The summed E-state index contributed by atoms with van der Waals surface area (Å²) >= 11 is 5.67. The predicted molar refractivity (Wildman–Crippen MR) is 64.7 cm³/mol. The normalized spacial score (nSPS) is 14.5. The first-order chi connectivity index (χ1) is 8.22. The lowest BCUT2D eigenvalue weighted by Gasteiger charge is -2.18. The fourth-order valence-corrected chi connectivity index (χ4v) is 1.84. The summed E-state index contributed by atoms with van der Waals surface area (Å²) in [5.41, 5.74) is 6.41. The van der Waals surface area contributed by atoms with Crippen LogP contribution in [0.15, 0.2) is 40.9 Å². The molecule has 2 aromatic heterocycles. The zero-order valence-electron chi connectivity index (χ0n) is 9.08. The van der Waals surface area contributed by atoms with Crippen LogP contribution in [-0.2, 0) is 0 Å². The maximum Gasteiger partial charge on any atom is 0.193 e. The third-order valence-corrected chi connectivity index (χ3v) is 2.79. The third-order valence-electron chi connectivity index (χ3n) is 2.59. The van der Waals surface area contributed by atoms with E-state index in [4.69, 9.17) is 21.8 Å². The molecule has 0 radical (unpaired) electrons. The summed E-state index contributed by atoms with van der Waals surface area (Å²) in [7, 11) is 0. The van der Waals surface area contributed by atoms with Crippen LogP contribution in [0, 0.1) is 0 Å². The smallest absolute Gasteiger partial charge is 0.193 e. The van der Waals surface area contributed by atoms with Crippen LogP contribution in [0.5, 0.6) is 0 Å². The van der Waals surface area contributed by atoms with Gasteiger partial charge >= 0.3 is 0 Å². The number of rotatable bonds is 4. The molecule has 2 atom stereocenters. The molecule has 0 aromatic carbocycles. The second-order valence-electron chi connectivity index (χ2n) is 3.68. The van der Waals surface area contributed by atoms with Gasteiger partial charge in [0.2, 0.25) is 0 Å². The molecule has 0 spiro atoms. The number of aliphatic hydroxyl groups is 1. The van der Waals surface area contributed by atoms with Crippen LogP contribution in [0.2, 0.25) is 5.22 Å². The third kappa shape index (κ3) is 2.66. The first-order valence-electron chi connectivity index (χ1n) is 5.26. The van der Waals surface area contributed by atoms with Crippen LogP contribution in [0.3, 0.4) is 0 Å². The van der Waals surface area contributed by atoms with Gasteiger partial charge in [-0.25, -0.2) is 0 Å². The largest absolute Gasteiger partial charge is 0.447 e. The van der Waals surface area contributed by atoms with Gasteiger partial charge in [0.15, 0.2) is 5.22 Å². The topological polar surface area (TPSA) is 72.3 Å². The minimum atomic E-state index is -0.845. The lowest BCUT2D eigenvalue weighted by molar-refractivity contribution is 0.120. The maximum atomic E-state index is 10.2. The molecule has 0 amide bonds. The quantitative estimate of drug-likeness (QED) is 0.874. The molecule has 2 heterocycles. The van der Waals surface area contributed by atoms with Crippen molar-refractivity contribution in [1.82, 2.24) is 4.98 Å². The monoisotopic (exact) mass is 252 g/mol. The summed E-state index contributed by atoms with van der Waals surface area (Å²) in [4.78, 5) is 4.19. The molecule has 0 aliphatic rings. The number of aliphatic hydroxyl groups excluding tert-OH is 1. The SMILES string of the molecule is NCC(c1ccccn1)C(O)c1ccc(Cl)o1. The average Bonchev–Trinajstić information content (AvgIpc) is 2.78. The maximum absolute atomic E-state index is 10.2. The molecule has 2 rings (SSSR count). The second-order valence-corrected chi connectivity index (χ2v) is 4.06. The fourth-order valence-electron chi connectivity index (χ4n) is 1.69. The van der Waals surface area contributed by atoms with Crippen LogP contribution in [-0.4, -0.2) is 16.6 Å². The van der Waals surface area contributed by atoms with Crippen LogP contribution in [0.4, 0.5) is 0 Å². The number of halogens is 1. The number of hydrogen-bond donors (Lipinski definition) is 2. The Morgan fingerprint density at radius 3 is 2.71 bits per heavy atom. The van der Waals surface area contributed by atoms with E-state index in [1.807, 2.05) is 18.2 Å². The zero-order valence-corrected chi connectivity index (χ0v) is 9.84. The molecule has 0 fully saturated rings. The molecule has 2 aromatic rings. The van der Waals surface area contributed by atoms with Crippen LogP contribution in [0.1, 0.15) is 23.5 Å². The minimum absolute atomic E-state index is 0.246. The van der Waals surface area contributed by atoms with Crippen molar-refractivity contribution in [2.45, 2.75) is 12.0 Å². The van der Waals surface area contributed by atoms with E-state index >= 15 is 0 Å². The molecule has 0 aliphatic heterocycles. The highest BCUT2D eigenvalue weighted by molar-refractivity contribution is 6.28. The van der Waals surface area contributed by atoms with Gasteiger partial charge < -0.3 is 15.3 Å². The van der Waals surface area contributed by atoms with Gasteiger partial charge in [-0.2, -0.15) is 0 Å². The van der Waals surface area contributed by atoms with Crippen molar-refractivity contribution in [1.29, 1.82) is 0 Å². The van der Waals surface area contributed by atoms with Crippen molar-refractivity contribution in [3.63, 3.8) is 0 Å². The van der Waals surface area contributed by atoms with Crippen molar-refractivity contribution in [3.8, 4) is 0 Å². The van der Waals surface area contributed by atoms with Crippen molar-refractivity contribution in [2.75, 3.05) is 6.54 Å². The lowest BCUT2D eigenvalue weighted by atomic mass is 9.96. The Kier molecular flexibility index (Phi) is 3.78. The summed E-state index contributed by atoms with van der Waals surface area (Å²) < 4.78 is 5.18.